The summed E-state index contributed by atoms with van der Waals surface area (Å²) >= 11 is 0. The van der Waals surface area contributed by atoms with Crippen molar-refractivity contribution in [3.8, 4) is 11.4 Å². The maximum absolute atomic E-state index is 14.1. The van der Waals surface area contributed by atoms with Crippen LogP contribution in [0.15, 0.2) is 24.5 Å². The van der Waals surface area contributed by atoms with Gasteiger partial charge in [-0.3, -0.25) is 19.7 Å². The van der Waals surface area contributed by atoms with E-state index in [0.29, 0.717) is 67.6 Å². The molecule has 0 bridgehead atoms. The second kappa shape index (κ2) is 9.61. The fourth-order valence-electron chi connectivity index (χ4n) is 4.71. The third-order valence-corrected chi connectivity index (χ3v) is 6.73. The first-order chi connectivity index (χ1) is 17.3. The summed E-state index contributed by atoms with van der Waals surface area (Å²) in [5.74, 6) is -1.40. The van der Waals surface area contributed by atoms with Gasteiger partial charge in [-0.1, -0.05) is 0 Å². The highest BCUT2D eigenvalue weighted by molar-refractivity contribution is 5.95. The van der Waals surface area contributed by atoms with E-state index >= 15 is 0 Å². The molecule has 1 atom stereocenters. The number of aromatic nitrogens is 5. The topological polar surface area (TPSA) is 137 Å². The number of amides is 1. The summed E-state index contributed by atoms with van der Waals surface area (Å²) in [6.07, 6.45) is 4.90. The van der Waals surface area contributed by atoms with Crippen LogP contribution in [-0.2, 0) is 9.63 Å². The van der Waals surface area contributed by atoms with Gasteiger partial charge in [0.2, 0.25) is 11.9 Å². The van der Waals surface area contributed by atoms with Crippen LogP contribution in [0.1, 0.15) is 52.6 Å². The molecule has 36 heavy (non-hydrogen) atoms. The molecular weight excluding hydrogens is 469 g/mol. The second-order valence-electron chi connectivity index (χ2n) is 9.02. The van der Waals surface area contributed by atoms with E-state index in [4.69, 9.17) is 4.84 Å². The standard InChI is InChI=1S/C24H26FN7O4/c1-13-17(25)11-16(12-27-13)19-6-10-36-32(19)22(33)15-4-8-31(9-5-15)24-26-7-3-18(28-24)21-20(23(34)35)14(2)29-30-21/h3,7,11-12,15,19H,4-6,8-10H2,1-2H3,(H,29,30)(H,34,35)/t19-/m0/s1. The van der Waals surface area contributed by atoms with Crippen molar-refractivity contribution < 1.29 is 23.9 Å². The SMILES string of the molecule is Cc1ncc([C@@H]2CCON2C(=O)C2CCN(c3nccc(-c4n[nH]c(C)c4C(=O)O)n3)CC2)cc1F. The zero-order valence-electron chi connectivity index (χ0n) is 19.9. The molecule has 0 spiro atoms. The molecule has 0 aromatic carbocycles. The Hall–Kier alpha value is -3.93. The van der Waals surface area contributed by atoms with E-state index in [2.05, 4.69) is 25.1 Å². The van der Waals surface area contributed by atoms with Crippen molar-refractivity contribution in [1.29, 1.82) is 0 Å². The molecule has 2 N–H and O–H groups in total. The second-order valence-corrected chi connectivity index (χ2v) is 9.02. The number of halogens is 1. The molecule has 188 valence electrons. The third-order valence-electron chi connectivity index (χ3n) is 6.73. The van der Waals surface area contributed by atoms with Crippen LogP contribution in [0.2, 0.25) is 0 Å². The lowest BCUT2D eigenvalue weighted by molar-refractivity contribution is -0.182. The average Bonchev–Trinajstić information content (AvgIpc) is 3.52. The lowest BCUT2D eigenvalue weighted by atomic mass is 9.95. The van der Waals surface area contributed by atoms with Gasteiger partial charge >= 0.3 is 5.97 Å². The largest absolute Gasteiger partial charge is 0.478 e. The van der Waals surface area contributed by atoms with Crippen molar-refractivity contribution >= 4 is 17.8 Å². The van der Waals surface area contributed by atoms with Gasteiger partial charge in [-0.15, -0.1) is 0 Å². The molecule has 0 aliphatic carbocycles. The summed E-state index contributed by atoms with van der Waals surface area (Å²) in [6, 6.07) is 2.68. The molecule has 12 heteroatoms. The third kappa shape index (κ3) is 4.39. The van der Waals surface area contributed by atoms with E-state index in [9.17, 15) is 19.1 Å². The van der Waals surface area contributed by atoms with E-state index in [1.54, 1.807) is 32.3 Å². The number of carboxylic acid groups (broad SMARTS) is 1. The molecule has 2 saturated heterocycles. The number of carboxylic acids is 1. The van der Waals surface area contributed by atoms with Crippen molar-refractivity contribution in [2.45, 2.75) is 39.2 Å². The van der Waals surface area contributed by atoms with Gasteiger partial charge in [-0.25, -0.2) is 24.2 Å². The molecule has 2 fully saturated rings. The summed E-state index contributed by atoms with van der Waals surface area (Å²) in [6.45, 7) is 4.72. The van der Waals surface area contributed by atoms with Crippen LogP contribution in [0, 0.1) is 25.6 Å². The molecule has 11 nitrogen and oxygen atoms in total. The zero-order chi connectivity index (χ0) is 25.4. The minimum Gasteiger partial charge on any atom is -0.478 e. The number of anilines is 1. The predicted molar refractivity (Wildman–Crippen MR) is 125 cm³/mol. The van der Waals surface area contributed by atoms with Crippen LogP contribution in [0.3, 0.4) is 0 Å². The molecule has 5 heterocycles. The number of nitrogens with zero attached hydrogens (tertiary/aromatic N) is 6. The van der Waals surface area contributed by atoms with Crippen molar-refractivity contribution in [1.82, 2.24) is 30.2 Å². The zero-order valence-corrected chi connectivity index (χ0v) is 19.9. The normalized spacial score (nSPS) is 18.6. The molecule has 0 radical (unpaired) electrons. The van der Waals surface area contributed by atoms with Crippen LogP contribution < -0.4 is 4.90 Å². The van der Waals surface area contributed by atoms with Gasteiger partial charge in [0.15, 0.2) is 0 Å². The highest BCUT2D eigenvalue weighted by atomic mass is 19.1. The molecule has 1 amide bonds. The minimum absolute atomic E-state index is 0.0766. The quantitative estimate of drug-likeness (QED) is 0.547. The average molecular weight is 496 g/mol. The first-order valence-corrected chi connectivity index (χ1v) is 11.8. The van der Waals surface area contributed by atoms with Crippen LogP contribution >= 0.6 is 0 Å². The Kier molecular flexibility index (Phi) is 6.35. The van der Waals surface area contributed by atoms with E-state index in [1.807, 2.05) is 4.90 Å². The van der Waals surface area contributed by atoms with Crippen LogP contribution in [0.5, 0.6) is 0 Å². The molecule has 3 aromatic heterocycles. The molecule has 0 unspecified atom stereocenters. The molecule has 5 rings (SSSR count). The smallest absolute Gasteiger partial charge is 0.339 e. The summed E-state index contributed by atoms with van der Waals surface area (Å²) in [4.78, 5) is 45.5. The van der Waals surface area contributed by atoms with E-state index in [0.717, 1.165) is 0 Å². The van der Waals surface area contributed by atoms with Gasteiger partial charge in [0.05, 0.1) is 24.0 Å². The van der Waals surface area contributed by atoms with Gasteiger partial charge in [-0.2, -0.15) is 5.10 Å². The van der Waals surface area contributed by atoms with Crippen LogP contribution in [0.25, 0.3) is 11.4 Å². The number of nitrogens with one attached hydrogen (secondary N) is 1. The Balaban J connectivity index is 1.27. The first kappa shape index (κ1) is 23.8. The minimum atomic E-state index is -1.08. The number of hydrogen-bond acceptors (Lipinski definition) is 8. The number of aryl methyl sites for hydroxylation is 2. The lowest BCUT2D eigenvalue weighted by Crippen LogP contribution is -2.42. The number of carbonyl (C=O) groups excluding carboxylic acids is 1. The summed E-state index contributed by atoms with van der Waals surface area (Å²) in [5, 5.41) is 17.7. The number of rotatable bonds is 5. The van der Waals surface area contributed by atoms with Gasteiger partial charge in [-0.05, 0) is 44.4 Å². The van der Waals surface area contributed by atoms with Gasteiger partial charge < -0.3 is 10.0 Å². The first-order valence-electron chi connectivity index (χ1n) is 11.8. The molecular formula is C24H26FN7O4. The van der Waals surface area contributed by atoms with Crippen LogP contribution in [-0.4, -0.2) is 66.9 Å². The van der Waals surface area contributed by atoms with Gasteiger partial charge in [0.25, 0.3) is 0 Å². The monoisotopic (exact) mass is 495 g/mol. The Bertz CT molecular complexity index is 1310. The van der Waals surface area contributed by atoms with E-state index in [1.165, 1.54) is 11.1 Å². The molecule has 2 aliphatic rings. The molecule has 0 saturated carbocycles. The summed E-state index contributed by atoms with van der Waals surface area (Å²) in [5.41, 5.74) is 2.13. The highest BCUT2D eigenvalue weighted by Gasteiger charge is 2.37. The number of hydrogen-bond donors (Lipinski definition) is 2. The number of piperidine rings is 1. The van der Waals surface area contributed by atoms with Crippen molar-refractivity contribution in [3.63, 3.8) is 0 Å². The number of aromatic carboxylic acids is 1. The maximum Gasteiger partial charge on any atom is 0.339 e. The number of hydroxylamine groups is 2. The number of H-pyrrole nitrogens is 1. The lowest BCUT2D eigenvalue weighted by Gasteiger charge is -2.34. The summed E-state index contributed by atoms with van der Waals surface area (Å²) in [7, 11) is 0. The van der Waals surface area contributed by atoms with E-state index < -0.39 is 11.8 Å². The number of pyridine rings is 1. The van der Waals surface area contributed by atoms with Gasteiger partial charge in [0, 0.05) is 43.5 Å². The Morgan fingerprint density at radius 3 is 2.69 bits per heavy atom. The number of carbonyl (C=O) groups is 2. The van der Waals surface area contributed by atoms with Crippen molar-refractivity contribution in [2.75, 3.05) is 24.6 Å². The number of aromatic amines is 1. The van der Waals surface area contributed by atoms with Crippen LogP contribution in [0.4, 0.5) is 10.3 Å². The van der Waals surface area contributed by atoms with E-state index in [-0.39, 0.29) is 29.1 Å². The van der Waals surface area contributed by atoms with Crippen molar-refractivity contribution in [3.05, 3.63) is 52.9 Å². The Morgan fingerprint density at radius 1 is 1.19 bits per heavy atom. The maximum atomic E-state index is 14.1. The Labute approximate surface area is 206 Å². The predicted octanol–water partition coefficient (Wildman–Crippen LogP) is 2.84. The highest BCUT2D eigenvalue weighted by Crippen LogP contribution is 2.34. The van der Waals surface area contributed by atoms with Crippen molar-refractivity contribution in [2.24, 2.45) is 5.92 Å². The molecule has 3 aromatic rings. The molecule has 2 aliphatic heterocycles. The van der Waals surface area contributed by atoms with Gasteiger partial charge in [0.1, 0.15) is 17.1 Å². The Morgan fingerprint density at radius 2 is 1.97 bits per heavy atom. The fraction of sp³-hybridized carbons (Fsp3) is 0.417. The fourth-order valence-corrected chi connectivity index (χ4v) is 4.71. The summed E-state index contributed by atoms with van der Waals surface area (Å²) < 4.78 is 14.1.